The first-order valence-electron chi connectivity index (χ1n) is 4.38. The molecule has 0 saturated heterocycles. The van der Waals surface area contributed by atoms with Crippen molar-refractivity contribution in [1.29, 1.82) is 0 Å². The third kappa shape index (κ3) is 5.66. The molecule has 0 bridgehead atoms. The molecule has 0 fully saturated rings. The molecule has 0 aromatic carbocycles. The van der Waals surface area contributed by atoms with E-state index < -0.39 is 0 Å². The Labute approximate surface area is 83.9 Å². The fraction of sp³-hybridized carbons (Fsp3) is 0. The highest BCUT2D eigenvalue weighted by atomic mass is 15.1. The molecule has 0 atom stereocenters. The van der Waals surface area contributed by atoms with E-state index in [9.17, 15) is 0 Å². The number of aromatic nitrogens is 2. The molecule has 0 amide bonds. The summed E-state index contributed by atoms with van der Waals surface area (Å²) in [6.07, 6.45) is 3.28. The van der Waals surface area contributed by atoms with E-state index in [0.717, 1.165) is 0 Å². The minimum absolute atomic E-state index is 1.64. The summed E-state index contributed by atoms with van der Waals surface area (Å²) in [5, 5.41) is 7.58. The Bertz CT molecular complexity index is 221. The van der Waals surface area contributed by atoms with Gasteiger partial charge in [-0.25, -0.2) is 0 Å². The normalized spacial score (nSPS) is 8.00. The second-order valence-electron chi connectivity index (χ2n) is 2.45. The van der Waals surface area contributed by atoms with Crippen molar-refractivity contribution in [2.75, 3.05) is 0 Å². The highest BCUT2D eigenvalue weighted by Gasteiger charge is 1.59. The first-order valence-corrected chi connectivity index (χ1v) is 4.38. The lowest BCUT2D eigenvalue weighted by atomic mass is 10.4. The van der Waals surface area contributed by atoms with Crippen LogP contribution in [0.1, 0.15) is 0 Å². The van der Waals surface area contributed by atoms with E-state index in [0.29, 0.717) is 0 Å². The van der Waals surface area contributed by atoms with Gasteiger partial charge in [-0.15, -0.1) is 0 Å². The third-order valence-electron chi connectivity index (χ3n) is 1.37. The third-order valence-corrected chi connectivity index (χ3v) is 1.37. The van der Waals surface area contributed by atoms with E-state index >= 15 is 0 Å². The molecule has 2 nitrogen and oxygen atoms in total. The van der Waals surface area contributed by atoms with Crippen molar-refractivity contribution in [3.8, 4) is 0 Å². The summed E-state index contributed by atoms with van der Waals surface area (Å²) >= 11 is 0. The van der Waals surface area contributed by atoms with E-state index in [2.05, 4.69) is 10.2 Å². The second-order valence-corrected chi connectivity index (χ2v) is 2.45. The molecule has 1 aromatic heterocycles. The first kappa shape index (κ1) is 10.1. The quantitative estimate of drug-likeness (QED) is 0.619. The van der Waals surface area contributed by atoms with Crippen molar-refractivity contribution < 1.29 is 0 Å². The van der Waals surface area contributed by atoms with Gasteiger partial charge in [-0.3, -0.25) is 0 Å². The summed E-state index contributed by atoms with van der Waals surface area (Å²) < 4.78 is 0. The minimum Gasteiger partial charge on any atom is -0.159 e. The van der Waals surface area contributed by atoms with Gasteiger partial charge in [0.05, 0.1) is 0 Å². The van der Waals surface area contributed by atoms with Crippen LogP contribution in [0.2, 0.25) is 0 Å². The number of nitrogens with zero attached hydrogens (tertiary/aromatic N) is 2. The van der Waals surface area contributed by atoms with Crippen molar-refractivity contribution in [3.05, 3.63) is 73.1 Å². The molecule has 0 aliphatic heterocycles. The number of hydrogen-bond donors (Lipinski definition) is 0. The lowest BCUT2D eigenvalue weighted by molar-refractivity contribution is 1.05. The predicted molar refractivity (Wildman–Crippen MR) is 57.3 cm³/mol. The summed E-state index contributed by atoms with van der Waals surface area (Å²) in [4.78, 5) is 0. The molecule has 0 N–H and O–H groups in total. The Morgan fingerprint density at radius 2 is 0.643 bits per heavy atom. The Morgan fingerprint density at radius 3 is 1.00 bits per heavy atom. The highest BCUT2D eigenvalue weighted by Crippen LogP contribution is 1.77. The molecule has 1 rings (SSSR count). The summed E-state index contributed by atoms with van der Waals surface area (Å²) in [7, 11) is 0. The van der Waals surface area contributed by atoms with Crippen LogP contribution in [0.3, 0.4) is 0 Å². The lowest BCUT2D eigenvalue weighted by Gasteiger charge is -1.69. The van der Waals surface area contributed by atoms with Crippen LogP contribution >= 0.6 is 0 Å². The first-order chi connectivity index (χ1) is 7.00. The van der Waals surface area contributed by atoms with E-state index in [-0.39, 0.29) is 0 Å². The Morgan fingerprint density at radius 1 is 0.357 bits per heavy atom. The maximum absolute atomic E-state index is 3.79. The van der Waals surface area contributed by atoms with Crippen LogP contribution in [0.15, 0.2) is 73.1 Å². The molecule has 1 aromatic rings. The van der Waals surface area contributed by atoms with Gasteiger partial charge in [0, 0.05) is 12.4 Å². The average Bonchev–Trinajstić information content (AvgIpc) is 2.22. The van der Waals surface area contributed by atoms with Gasteiger partial charge in [-0.1, -0.05) is 48.5 Å². The maximum Gasteiger partial charge on any atom is 0.0495 e. The van der Waals surface area contributed by atoms with Gasteiger partial charge in [0.2, 0.25) is 0 Å². The maximum atomic E-state index is 3.79. The van der Waals surface area contributed by atoms with Gasteiger partial charge >= 0.3 is 0 Å². The molecule has 1 heterocycles. The number of rotatable bonds is 0. The summed E-state index contributed by atoms with van der Waals surface area (Å²) in [5.41, 5.74) is 0. The van der Waals surface area contributed by atoms with Crippen LogP contribution in [0, 0.1) is 0 Å². The largest absolute Gasteiger partial charge is 0.159 e. The van der Waals surface area contributed by atoms with Crippen LogP contribution in [0.4, 0.5) is 0 Å². The van der Waals surface area contributed by atoms with Crippen LogP contribution in [-0.2, 0) is 0 Å². The summed E-state index contributed by atoms with van der Waals surface area (Å²) in [6.45, 7) is 0. The lowest BCUT2D eigenvalue weighted by Crippen LogP contribution is -1.65. The molecule has 0 spiro atoms. The van der Waals surface area contributed by atoms with Crippen molar-refractivity contribution in [3.63, 3.8) is 0 Å². The average molecular weight is 184 g/mol. The van der Waals surface area contributed by atoms with Crippen molar-refractivity contribution in [2.24, 2.45) is 0 Å². The van der Waals surface area contributed by atoms with E-state index in [1.807, 2.05) is 60.7 Å². The van der Waals surface area contributed by atoms with Crippen molar-refractivity contribution in [1.82, 2.24) is 10.2 Å². The molecule has 2 heteroatoms. The van der Waals surface area contributed by atoms with Gasteiger partial charge in [-0.2, -0.15) is 10.2 Å². The Hall–Kier alpha value is -1.96. The van der Waals surface area contributed by atoms with Crippen molar-refractivity contribution >= 4 is 0 Å². The van der Waals surface area contributed by atoms with E-state index in [4.69, 9.17) is 0 Å². The zero-order chi connectivity index (χ0) is 9.90. The van der Waals surface area contributed by atoms with Gasteiger partial charge in [0.1, 0.15) is 0 Å². The fourth-order valence-corrected chi connectivity index (χ4v) is 0.767. The van der Waals surface area contributed by atoms with Crippen molar-refractivity contribution in [2.45, 2.75) is 0 Å². The smallest absolute Gasteiger partial charge is 0.0495 e. The van der Waals surface area contributed by atoms with Crippen LogP contribution < -0.4 is 0 Å². The SMILES string of the molecule is c1ccccccnnccccc1. The zero-order valence-corrected chi connectivity index (χ0v) is 7.82. The van der Waals surface area contributed by atoms with Gasteiger partial charge in [-0.05, 0) is 12.1 Å². The zero-order valence-electron chi connectivity index (χ0n) is 7.82. The topological polar surface area (TPSA) is 25.8 Å². The molecular weight excluding hydrogens is 172 g/mol. The Balaban J connectivity index is 3.00. The van der Waals surface area contributed by atoms with Crippen LogP contribution in [0.5, 0.6) is 0 Å². The second kappa shape index (κ2) is 7.68. The summed E-state index contributed by atoms with van der Waals surface area (Å²) in [6, 6.07) is 19.1. The van der Waals surface area contributed by atoms with E-state index in [1.54, 1.807) is 12.4 Å². The van der Waals surface area contributed by atoms with Crippen LogP contribution in [-0.4, -0.2) is 10.2 Å². The van der Waals surface area contributed by atoms with E-state index in [1.165, 1.54) is 0 Å². The molecule has 0 aliphatic rings. The molecule has 70 valence electrons. The minimum atomic E-state index is 1.64. The standard InChI is InChI=1S/C12H12N2/c1-2-4-6-8-10-12-14-13-11-9-7-5-3-1/h1-12H. The van der Waals surface area contributed by atoms with Gasteiger partial charge in [0.25, 0.3) is 0 Å². The molecule has 14 heavy (non-hydrogen) atoms. The Kier molecular flexibility index (Phi) is 5.55. The van der Waals surface area contributed by atoms with Gasteiger partial charge < -0.3 is 0 Å². The molecular formula is C12H12N2. The molecule has 0 aliphatic carbocycles. The molecule has 0 radical (unpaired) electrons. The number of hydrogen-bond acceptors (Lipinski definition) is 2. The predicted octanol–water partition coefficient (Wildman–Crippen LogP) is 2.73. The molecule has 0 saturated carbocycles. The monoisotopic (exact) mass is 184 g/mol. The summed E-state index contributed by atoms with van der Waals surface area (Å²) in [5.74, 6) is 0. The van der Waals surface area contributed by atoms with Crippen LogP contribution in [0.25, 0.3) is 0 Å². The fourth-order valence-electron chi connectivity index (χ4n) is 0.767. The highest BCUT2D eigenvalue weighted by molar-refractivity contribution is 4.95. The molecule has 0 unspecified atom stereocenters. The van der Waals surface area contributed by atoms with Gasteiger partial charge in [0.15, 0.2) is 0 Å².